The van der Waals surface area contributed by atoms with E-state index in [1.54, 1.807) is 0 Å². The van der Waals surface area contributed by atoms with Crippen LogP contribution in [0.25, 0.3) is 0 Å². The van der Waals surface area contributed by atoms with E-state index in [2.05, 4.69) is 10.2 Å². The number of unbranched alkanes of at least 4 members (excludes halogenated alkanes) is 2. The molecule has 1 aliphatic heterocycles. The first-order chi connectivity index (χ1) is 15.9. The number of rotatable bonds is 12. The monoisotopic (exact) mass is 450 g/mol. The van der Waals surface area contributed by atoms with E-state index < -0.39 is 5.41 Å². The van der Waals surface area contributed by atoms with E-state index in [0.29, 0.717) is 6.54 Å². The number of nitrogens with zero attached hydrogens (tertiary/aromatic N) is 2. The van der Waals surface area contributed by atoms with Gasteiger partial charge in [0.25, 0.3) is 0 Å². The number of benzene rings is 2. The number of carbonyl (C=O) groups excluding carboxylic acids is 2. The molecule has 178 valence electrons. The van der Waals surface area contributed by atoms with Crippen molar-refractivity contribution in [3.8, 4) is 0 Å². The summed E-state index contributed by atoms with van der Waals surface area (Å²) in [6.07, 6.45) is 4.07. The Morgan fingerprint density at radius 3 is 2.15 bits per heavy atom. The first kappa shape index (κ1) is 24.9. The Hall–Kier alpha value is -2.70. The Labute approximate surface area is 198 Å². The molecule has 0 aliphatic carbocycles. The second-order valence-corrected chi connectivity index (χ2v) is 9.34. The molecule has 0 spiro atoms. The number of carbonyl (C=O) groups is 2. The van der Waals surface area contributed by atoms with E-state index >= 15 is 0 Å². The molecule has 1 aliphatic rings. The van der Waals surface area contributed by atoms with Crippen LogP contribution >= 0.6 is 0 Å². The second-order valence-electron chi connectivity index (χ2n) is 9.34. The van der Waals surface area contributed by atoms with Gasteiger partial charge in [0.05, 0.1) is 6.54 Å². The van der Waals surface area contributed by atoms with Crippen molar-refractivity contribution in [2.75, 3.05) is 46.8 Å². The van der Waals surface area contributed by atoms with Gasteiger partial charge >= 0.3 is 0 Å². The van der Waals surface area contributed by atoms with E-state index in [1.165, 1.54) is 0 Å². The largest absolute Gasteiger partial charge is 0.369 e. The SMILES string of the molecule is CN(C)CC(=O)NCCCCCN1CCC(C(C(N)=O)(c2ccccc2)c2ccccc2)C1. The second kappa shape index (κ2) is 12.0. The number of hydrogen-bond donors (Lipinski definition) is 2. The van der Waals surface area contributed by atoms with Gasteiger partial charge < -0.3 is 20.9 Å². The minimum Gasteiger partial charge on any atom is -0.369 e. The van der Waals surface area contributed by atoms with Crippen molar-refractivity contribution in [3.63, 3.8) is 0 Å². The van der Waals surface area contributed by atoms with E-state index in [9.17, 15) is 9.59 Å². The topological polar surface area (TPSA) is 78.7 Å². The van der Waals surface area contributed by atoms with Crippen LogP contribution in [0.5, 0.6) is 0 Å². The molecule has 0 aromatic heterocycles. The molecular weight excluding hydrogens is 412 g/mol. The van der Waals surface area contributed by atoms with Gasteiger partial charge in [0.2, 0.25) is 11.8 Å². The molecule has 0 bridgehead atoms. The van der Waals surface area contributed by atoms with Crippen LogP contribution in [0.1, 0.15) is 36.8 Å². The number of likely N-dealkylation sites (N-methyl/N-ethyl adjacent to an activating group) is 1. The van der Waals surface area contributed by atoms with E-state index in [1.807, 2.05) is 79.7 Å². The Kier molecular flexibility index (Phi) is 9.03. The summed E-state index contributed by atoms with van der Waals surface area (Å²) < 4.78 is 0. The zero-order valence-electron chi connectivity index (χ0n) is 20.0. The van der Waals surface area contributed by atoms with Crippen molar-refractivity contribution in [1.82, 2.24) is 15.1 Å². The normalized spacial score (nSPS) is 16.8. The fraction of sp³-hybridized carbons (Fsp3) is 0.481. The first-order valence-corrected chi connectivity index (χ1v) is 12.0. The quantitative estimate of drug-likeness (QED) is 0.487. The molecule has 1 fully saturated rings. The average Bonchev–Trinajstić information content (AvgIpc) is 3.26. The molecule has 2 aromatic rings. The highest BCUT2D eigenvalue weighted by Crippen LogP contribution is 2.43. The standard InChI is InChI=1S/C27H38N4O2/c1-30(2)21-25(32)29-17-10-5-11-18-31-19-16-24(20-31)27(26(28)33,22-12-6-3-7-13-22)23-14-8-4-9-15-23/h3-4,6-9,12-15,24H,5,10-11,16-21H2,1-2H3,(H2,28,33)(H,29,32). The molecular formula is C27H38N4O2. The van der Waals surface area contributed by atoms with Crippen LogP contribution in [-0.2, 0) is 15.0 Å². The zero-order valence-corrected chi connectivity index (χ0v) is 20.0. The average molecular weight is 451 g/mol. The third kappa shape index (κ3) is 6.21. The predicted octanol–water partition coefficient (Wildman–Crippen LogP) is 2.63. The number of hydrogen-bond acceptors (Lipinski definition) is 4. The van der Waals surface area contributed by atoms with Crippen LogP contribution < -0.4 is 11.1 Å². The van der Waals surface area contributed by atoms with Gasteiger partial charge in [-0.25, -0.2) is 0 Å². The summed E-state index contributed by atoms with van der Waals surface area (Å²) in [6.45, 7) is 3.98. The Morgan fingerprint density at radius 2 is 1.61 bits per heavy atom. The van der Waals surface area contributed by atoms with Gasteiger partial charge in [0.15, 0.2) is 0 Å². The molecule has 33 heavy (non-hydrogen) atoms. The fourth-order valence-corrected chi connectivity index (χ4v) is 5.12. The molecule has 1 saturated heterocycles. The Balaban J connectivity index is 1.60. The van der Waals surface area contributed by atoms with Crippen LogP contribution in [0.4, 0.5) is 0 Å². The lowest BCUT2D eigenvalue weighted by Gasteiger charge is -2.37. The Bertz CT molecular complexity index is 846. The maximum Gasteiger partial charge on any atom is 0.234 e. The maximum absolute atomic E-state index is 13.1. The summed E-state index contributed by atoms with van der Waals surface area (Å²) >= 11 is 0. The van der Waals surface area contributed by atoms with Crippen LogP contribution in [0, 0.1) is 5.92 Å². The lowest BCUT2D eigenvalue weighted by Crippen LogP contribution is -2.49. The third-order valence-corrected chi connectivity index (χ3v) is 6.66. The molecule has 3 rings (SSSR count). The lowest BCUT2D eigenvalue weighted by atomic mass is 9.64. The van der Waals surface area contributed by atoms with Crippen molar-refractivity contribution in [3.05, 3.63) is 71.8 Å². The van der Waals surface area contributed by atoms with Crippen LogP contribution in [0.3, 0.4) is 0 Å². The van der Waals surface area contributed by atoms with E-state index in [0.717, 1.165) is 63.0 Å². The molecule has 1 unspecified atom stereocenters. The highest BCUT2D eigenvalue weighted by molar-refractivity contribution is 5.91. The molecule has 2 amide bonds. The first-order valence-electron chi connectivity index (χ1n) is 12.0. The van der Waals surface area contributed by atoms with Gasteiger partial charge in [-0.2, -0.15) is 0 Å². The number of nitrogens with two attached hydrogens (primary N) is 1. The minimum absolute atomic E-state index is 0.0759. The molecule has 6 heteroatoms. The zero-order chi connectivity index (χ0) is 23.7. The van der Waals surface area contributed by atoms with Crippen LogP contribution in [0.2, 0.25) is 0 Å². The molecule has 6 nitrogen and oxygen atoms in total. The maximum atomic E-state index is 13.1. The van der Waals surface area contributed by atoms with Gasteiger partial charge in [-0.1, -0.05) is 67.1 Å². The van der Waals surface area contributed by atoms with Crippen LogP contribution in [0.15, 0.2) is 60.7 Å². The summed E-state index contributed by atoms with van der Waals surface area (Å²) in [4.78, 5) is 29.2. The Morgan fingerprint density at radius 1 is 1.00 bits per heavy atom. The van der Waals surface area contributed by atoms with Crippen molar-refractivity contribution in [2.24, 2.45) is 11.7 Å². The van der Waals surface area contributed by atoms with Crippen molar-refractivity contribution < 1.29 is 9.59 Å². The summed E-state index contributed by atoms with van der Waals surface area (Å²) in [7, 11) is 3.79. The van der Waals surface area contributed by atoms with Gasteiger partial charge in [-0.15, -0.1) is 0 Å². The number of primary amides is 1. The summed E-state index contributed by atoms with van der Waals surface area (Å²) in [5, 5.41) is 2.97. The highest BCUT2D eigenvalue weighted by Gasteiger charge is 2.49. The van der Waals surface area contributed by atoms with E-state index in [4.69, 9.17) is 5.73 Å². The summed E-state index contributed by atoms with van der Waals surface area (Å²) in [6, 6.07) is 20.0. The lowest BCUT2D eigenvalue weighted by molar-refractivity contribution is -0.124. The van der Waals surface area contributed by atoms with Gasteiger partial charge in [-0.3, -0.25) is 9.59 Å². The van der Waals surface area contributed by atoms with Crippen molar-refractivity contribution in [2.45, 2.75) is 31.1 Å². The summed E-state index contributed by atoms with van der Waals surface area (Å²) in [5.74, 6) is -0.0719. The summed E-state index contributed by atoms with van der Waals surface area (Å²) in [5.41, 5.74) is 7.30. The number of amides is 2. The van der Waals surface area contributed by atoms with Crippen LogP contribution in [-0.4, -0.2) is 68.4 Å². The van der Waals surface area contributed by atoms with Gasteiger partial charge in [0.1, 0.15) is 5.41 Å². The minimum atomic E-state index is -0.825. The van der Waals surface area contributed by atoms with Gasteiger partial charge in [0, 0.05) is 13.1 Å². The highest BCUT2D eigenvalue weighted by atomic mass is 16.2. The molecule has 1 atom stereocenters. The molecule has 3 N–H and O–H groups in total. The number of nitrogens with one attached hydrogen (secondary N) is 1. The number of likely N-dealkylation sites (tertiary alicyclic amines) is 1. The van der Waals surface area contributed by atoms with E-state index in [-0.39, 0.29) is 17.7 Å². The molecule has 0 saturated carbocycles. The predicted molar refractivity (Wildman–Crippen MR) is 133 cm³/mol. The molecule has 1 heterocycles. The van der Waals surface area contributed by atoms with Crippen molar-refractivity contribution >= 4 is 11.8 Å². The molecule has 0 radical (unpaired) electrons. The van der Waals surface area contributed by atoms with Crippen molar-refractivity contribution in [1.29, 1.82) is 0 Å². The van der Waals surface area contributed by atoms with Gasteiger partial charge in [-0.05, 0) is 63.5 Å². The smallest absolute Gasteiger partial charge is 0.234 e. The molecule has 2 aromatic carbocycles. The third-order valence-electron chi connectivity index (χ3n) is 6.66. The fourth-order valence-electron chi connectivity index (χ4n) is 5.12.